The molecule has 0 amide bonds. The van der Waals surface area contributed by atoms with Crippen molar-refractivity contribution < 1.29 is 32.3 Å². The van der Waals surface area contributed by atoms with Gasteiger partial charge in [-0.05, 0) is 101 Å². The van der Waals surface area contributed by atoms with Crippen molar-refractivity contribution in [3.05, 3.63) is 93.6 Å². The Morgan fingerprint density at radius 2 is 1.63 bits per heavy atom. The Morgan fingerprint density at radius 3 is 2.24 bits per heavy atom. The van der Waals surface area contributed by atoms with Crippen LogP contribution in [0.25, 0.3) is 22.0 Å². The Hall–Kier alpha value is -2.62. The van der Waals surface area contributed by atoms with Gasteiger partial charge in [0.1, 0.15) is 6.10 Å². The van der Waals surface area contributed by atoms with E-state index in [4.69, 9.17) is 14.0 Å². The van der Waals surface area contributed by atoms with E-state index in [2.05, 4.69) is 36.7 Å². The number of carboxylic acids is 1. The van der Waals surface area contributed by atoms with Gasteiger partial charge >= 0.3 is 13.6 Å². The van der Waals surface area contributed by atoms with Gasteiger partial charge in [-0.15, -0.1) is 0 Å². The predicted molar refractivity (Wildman–Crippen MR) is 187 cm³/mol. The molecule has 1 heterocycles. The summed E-state index contributed by atoms with van der Waals surface area (Å²) in [6.07, 6.45) is -3.35. The largest absolute Gasteiger partial charge is 0.478 e. The van der Waals surface area contributed by atoms with Gasteiger partial charge in [-0.3, -0.25) is 14.1 Å². The molecule has 0 fully saturated rings. The fraction of sp³-hybridized carbons (Fsp3) is 0.371. The molecule has 0 saturated carbocycles. The van der Waals surface area contributed by atoms with Crippen LogP contribution in [0.15, 0.2) is 71.2 Å². The summed E-state index contributed by atoms with van der Waals surface area (Å²) in [5.74, 6) is 1.14. The van der Waals surface area contributed by atoms with Crippen LogP contribution < -0.4 is 5.30 Å². The minimum Gasteiger partial charge on any atom is -0.478 e. The number of aromatic carboxylic acids is 1. The van der Waals surface area contributed by atoms with Crippen LogP contribution in [-0.2, 0) is 25.1 Å². The van der Waals surface area contributed by atoms with Gasteiger partial charge in [-0.1, -0.05) is 57.2 Å². The summed E-state index contributed by atoms with van der Waals surface area (Å²) < 4.78 is 50.5. The van der Waals surface area contributed by atoms with Crippen molar-refractivity contribution in [1.82, 2.24) is 4.98 Å². The topological polar surface area (TPSA) is 85.7 Å². The second kappa shape index (κ2) is 16.0. The maximum absolute atomic E-state index is 13.3. The third-order valence-electron chi connectivity index (χ3n) is 7.47. The summed E-state index contributed by atoms with van der Waals surface area (Å²) in [4.78, 5) is 17.0. The Morgan fingerprint density at radius 1 is 0.957 bits per heavy atom. The van der Waals surface area contributed by atoms with Gasteiger partial charge in [0.2, 0.25) is 0 Å². The number of hydrogen-bond donors (Lipinski definition) is 1. The molecule has 11 heteroatoms. The van der Waals surface area contributed by atoms with Crippen molar-refractivity contribution in [1.29, 1.82) is 0 Å². The number of nitrogens with zero attached hydrogens (tertiary/aromatic N) is 1. The number of rotatable bonds is 15. The number of pyridine rings is 1. The van der Waals surface area contributed by atoms with Crippen LogP contribution in [0.4, 0.5) is 8.78 Å². The number of hydrogen-bond acceptors (Lipinski definition) is 6. The summed E-state index contributed by atoms with van der Waals surface area (Å²) in [5, 5.41) is 11.0. The Balaban J connectivity index is 1.45. The number of aromatic nitrogens is 1. The molecule has 3 aromatic carbocycles. The van der Waals surface area contributed by atoms with E-state index in [0.29, 0.717) is 21.7 Å². The number of halogens is 3. The highest BCUT2D eigenvalue weighted by Crippen LogP contribution is 2.50. The van der Waals surface area contributed by atoms with E-state index >= 15 is 0 Å². The number of thioether (sulfide) groups is 1. The standard InChI is InChI=1S/C35H39BrF2NO5PS/c1-6-43-45(42,44-23(5)34(37)38)32-14-9-25(16-30(32)36)20-46-19-24-7-10-26(11-8-24)28-17-27-12-13-31(22(4)15-21(2)3)39-33(27)29(18-28)35(40)41/h7-14,16-18,21-23,34H,6,15,19-20H2,1-5H3,(H,40,41). The van der Waals surface area contributed by atoms with E-state index in [0.717, 1.165) is 45.5 Å². The molecule has 1 aromatic heterocycles. The molecule has 0 radical (unpaired) electrons. The van der Waals surface area contributed by atoms with Crippen molar-refractivity contribution in [3.63, 3.8) is 0 Å². The lowest BCUT2D eigenvalue weighted by molar-refractivity contribution is 0.0147. The van der Waals surface area contributed by atoms with Crippen molar-refractivity contribution >= 4 is 57.5 Å². The maximum Gasteiger partial charge on any atom is 0.362 e. The monoisotopic (exact) mass is 733 g/mol. The lowest BCUT2D eigenvalue weighted by atomic mass is 9.94. The Labute approximate surface area is 282 Å². The highest BCUT2D eigenvalue weighted by atomic mass is 79.9. The smallest absolute Gasteiger partial charge is 0.362 e. The molecule has 0 aliphatic heterocycles. The molecule has 0 spiro atoms. The first kappa shape index (κ1) is 36.2. The van der Waals surface area contributed by atoms with Crippen LogP contribution >= 0.6 is 35.3 Å². The molecule has 3 atom stereocenters. The molecule has 0 saturated heterocycles. The summed E-state index contributed by atoms with van der Waals surface area (Å²) in [6, 6.07) is 20.9. The van der Waals surface area contributed by atoms with Crippen molar-refractivity contribution in [3.8, 4) is 11.1 Å². The third-order valence-corrected chi connectivity index (χ3v) is 11.7. The van der Waals surface area contributed by atoms with Crippen molar-refractivity contribution in [2.45, 2.75) is 71.0 Å². The van der Waals surface area contributed by atoms with Gasteiger partial charge in [0, 0.05) is 27.1 Å². The van der Waals surface area contributed by atoms with Crippen molar-refractivity contribution in [2.75, 3.05) is 6.61 Å². The Bertz CT molecular complexity index is 1720. The van der Waals surface area contributed by atoms with E-state index < -0.39 is 26.1 Å². The lowest BCUT2D eigenvalue weighted by Crippen LogP contribution is -2.22. The number of benzene rings is 3. The zero-order valence-electron chi connectivity index (χ0n) is 26.5. The molecule has 46 heavy (non-hydrogen) atoms. The quantitative estimate of drug-likeness (QED) is 0.122. The molecule has 246 valence electrons. The molecular weight excluding hydrogens is 695 g/mol. The number of carboxylic acid groups (broad SMARTS) is 1. The van der Waals surface area contributed by atoms with Gasteiger partial charge in [-0.2, -0.15) is 11.8 Å². The molecule has 3 unspecified atom stereocenters. The number of fused-ring (bicyclic) bond motifs is 1. The molecule has 4 rings (SSSR count). The minimum absolute atomic E-state index is 0.0492. The summed E-state index contributed by atoms with van der Waals surface area (Å²) in [7, 11) is -3.95. The molecular formula is C35H39BrF2NO5PS. The second-order valence-electron chi connectivity index (χ2n) is 11.7. The van der Waals surface area contributed by atoms with Gasteiger partial charge < -0.3 is 9.63 Å². The van der Waals surface area contributed by atoms with Gasteiger partial charge in [0.15, 0.2) is 0 Å². The van der Waals surface area contributed by atoms with E-state index in [1.165, 1.54) is 6.92 Å². The first-order valence-electron chi connectivity index (χ1n) is 15.2. The first-order chi connectivity index (χ1) is 21.8. The van der Waals surface area contributed by atoms with Crippen LogP contribution in [0.2, 0.25) is 0 Å². The summed E-state index contributed by atoms with van der Waals surface area (Å²) in [6.45, 7) is 9.30. The van der Waals surface area contributed by atoms with Gasteiger partial charge in [0.25, 0.3) is 6.43 Å². The molecule has 0 aliphatic rings. The van der Waals surface area contributed by atoms with Crippen molar-refractivity contribution in [2.24, 2.45) is 5.92 Å². The minimum atomic E-state index is -3.95. The van der Waals surface area contributed by atoms with E-state index in [1.807, 2.05) is 42.5 Å². The first-order valence-corrected chi connectivity index (χ1v) is 18.7. The van der Waals surface area contributed by atoms with Crippen LogP contribution in [-0.4, -0.2) is 35.2 Å². The Kier molecular flexibility index (Phi) is 12.6. The fourth-order valence-electron chi connectivity index (χ4n) is 5.22. The lowest BCUT2D eigenvalue weighted by Gasteiger charge is -2.23. The second-order valence-corrected chi connectivity index (χ2v) is 15.5. The highest BCUT2D eigenvalue weighted by Gasteiger charge is 2.34. The predicted octanol–water partition coefficient (Wildman–Crippen LogP) is 10.5. The molecule has 0 aliphatic carbocycles. The highest BCUT2D eigenvalue weighted by molar-refractivity contribution is 9.10. The zero-order chi connectivity index (χ0) is 33.6. The van der Waals surface area contributed by atoms with Crippen LogP contribution in [0.3, 0.4) is 0 Å². The average Bonchev–Trinajstić information content (AvgIpc) is 3.00. The molecule has 0 bridgehead atoms. The number of alkyl halides is 2. The van der Waals surface area contributed by atoms with Crippen LogP contribution in [0, 0.1) is 5.92 Å². The fourth-order valence-corrected chi connectivity index (χ4v) is 9.01. The summed E-state index contributed by atoms with van der Waals surface area (Å²) in [5.41, 5.74) is 5.38. The molecule has 1 N–H and O–H groups in total. The third kappa shape index (κ3) is 9.04. The van der Waals surface area contributed by atoms with E-state index in [1.54, 1.807) is 43.0 Å². The SMILES string of the molecule is CCOP(=O)(OC(C)C(F)F)c1ccc(CSCc2ccc(-c3cc(C(=O)O)c4nc(C(C)CC(C)C)ccc4c3)cc2)cc1Br. The van der Waals surface area contributed by atoms with E-state index in [9.17, 15) is 23.2 Å². The molecule has 4 aromatic rings. The number of carbonyl (C=O) groups is 1. The van der Waals surface area contributed by atoms with Gasteiger partial charge in [0.05, 0.1) is 23.0 Å². The van der Waals surface area contributed by atoms with E-state index in [-0.39, 0.29) is 23.4 Å². The normalized spacial score (nSPS) is 14.5. The maximum atomic E-state index is 13.3. The average molecular weight is 735 g/mol. The van der Waals surface area contributed by atoms with Crippen LogP contribution in [0.5, 0.6) is 0 Å². The van der Waals surface area contributed by atoms with Crippen LogP contribution in [0.1, 0.15) is 74.1 Å². The molecule has 6 nitrogen and oxygen atoms in total. The zero-order valence-corrected chi connectivity index (χ0v) is 29.8. The van der Waals surface area contributed by atoms with Gasteiger partial charge in [-0.25, -0.2) is 13.6 Å². The summed E-state index contributed by atoms with van der Waals surface area (Å²) >= 11 is 5.11.